The highest BCUT2D eigenvalue weighted by Gasteiger charge is 2.32. The summed E-state index contributed by atoms with van der Waals surface area (Å²) in [5, 5.41) is 0.223. The molecule has 0 fully saturated rings. The van der Waals surface area contributed by atoms with Crippen molar-refractivity contribution >= 4 is 37.8 Å². The second-order valence-corrected chi connectivity index (χ2v) is 8.49. The molecule has 142 valence electrons. The van der Waals surface area contributed by atoms with Crippen LogP contribution in [0.3, 0.4) is 0 Å². The lowest BCUT2D eigenvalue weighted by atomic mass is 10.1. The van der Waals surface area contributed by atoms with Gasteiger partial charge in [0.05, 0.1) is 22.3 Å². The molecule has 1 aliphatic rings. The summed E-state index contributed by atoms with van der Waals surface area (Å²) in [5.74, 6) is -0.0924. The van der Waals surface area contributed by atoms with Crippen molar-refractivity contribution < 1.29 is 13.2 Å². The number of Topliss-reactive ketones (excluding diaryl/α,β-unsaturated/α-hetero) is 1. The van der Waals surface area contributed by atoms with Crippen LogP contribution in [-0.4, -0.2) is 37.0 Å². The van der Waals surface area contributed by atoms with Gasteiger partial charge in [-0.2, -0.15) is 0 Å². The molecule has 28 heavy (non-hydrogen) atoms. The molecule has 3 aromatic rings. The third-order valence-electron chi connectivity index (χ3n) is 4.54. The molecule has 3 N–H and O–H groups in total. The molecule has 0 radical (unpaired) electrons. The Morgan fingerprint density at radius 3 is 2.50 bits per heavy atom. The second-order valence-electron chi connectivity index (χ2n) is 6.47. The molecule has 4 rings (SSSR count). The maximum Gasteiger partial charge on any atom is 0.259 e. The molecule has 8 nitrogen and oxygen atoms in total. The van der Waals surface area contributed by atoms with Gasteiger partial charge in [0.1, 0.15) is 17.2 Å². The molecule has 0 bridgehead atoms. The van der Waals surface area contributed by atoms with E-state index in [4.69, 9.17) is 5.73 Å². The summed E-state index contributed by atoms with van der Waals surface area (Å²) in [7, 11) is -3.47. The number of carbonyl (C=O) groups is 1. The number of H-pyrrole nitrogens is 1. The van der Waals surface area contributed by atoms with E-state index in [9.17, 15) is 18.0 Å². The van der Waals surface area contributed by atoms with Crippen LogP contribution in [0.15, 0.2) is 64.0 Å². The molecule has 0 saturated heterocycles. The monoisotopic (exact) mass is 396 g/mol. The van der Waals surface area contributed by atoms with Gasteiger partial charge in [0.2, 0.25) is 0 Å². The molecule has 0 saturated carbocycles. The summed E-state index contributed by atoms with van der Waals surface area (Å²) in [5.41, 5.74) is 6.74. The van der Waals surface area contributed by atoms with E-state index in [0.29, 0.717) is 0 Å². The Bertz CT molecular complexity index is 1310. The Labute approximate surface area is 160 Å². The van der Waals surface area contributed by atoms with Crippen LogP contribution in [0.25, 0.3) is 16.5 Å². The fourth-order valence-corrected chi connectivity index (χ4v) is 3.79. The molecule has 1 aromatic heterocycles. The minimum absolute atomic E-state index is 0.0177. The first-order valence-corrected chi connectivity index (χ1v) is 10.2. The van der Waals surface area contributed by atoms with Crippen molar-refractivity contribution in [3.05, 3.63) is 70.5 Å². The van der Waals surface area contributed by atoms with Crippen LogP contribution >= 0.6 is 0 Å². The van der Waals surface area contributed by atoms with Crippen LogP contribution in [-0.2, 0) is 14.6 Å². The first kappa shape index (κ1) is 17.9. The summed E-state index contributed by atoms with van der Waals surface area (Å²) >= 11 is 0. The Kier molecular flexibility index (Phi) is 4.04. The highest BCUT2D eigenvalue weighted by molar-refractivity contribution is 7.90. The number of ketones is 1. The van der Waals surface area contributed by atoms with Crippen molar-refractivity contribution in [3.63, 3.8) is 0 Å². The molecule has 0 atom stereocenters. The number of nitrogens with zero attached hydrogens (tertiary/aromatic N) is 2. The van der Waals surface area contributed by atoms with Crippen LogP contribution in [0, 0.1) is 0 Å². The van der Waals surface area contributed by atoms with Crippen molar-refractivity contribution in [3.8, 4) is 0 Å². The summed E-state index contributed by atoms with van der Waals surface area (Å²) in [6, 6.07) is 13.2. The van der Waals surface area contributed by atoms with E-state index in [2.05, 4.69) is 9.97 Å². The lowest BCUT2D eigenvalue weighted by Crippen LogP contribution is -2.25. The molecule has 0 spiro atoms. The zero-order valence-electron chi connectivity index (χ0n) is 14.8. The zero-order valence-corrected chi connectivity index (χ0v) is 15.7. The molecule has 0 unspecified atom stereocenters. The van der Waals surface area contributed by atoms with Gasteiger partial charge in [0.25, 0.3) is 5.56 Å². The number of aromatic amines is 1. The number of carbonyl (C=O) groups excluding carboxylic acids is 1. The van der Waals surface area contributed by atoms with Gasteiger partial charge in [-0.15, -0.1) is 0 Å². The number of nitrogens with one attached hydrogen (secondary N) is 1. The van der Waals surface area contributed by atoms with Crippen molar-refractivity contribution in [1.29, 1.82) is 0 Å². The van der Waals surface area contributed by atoms with Gasteiger partial charge in [-0.25, -0.2) is 13.4 Å². The lowest BCUT2D eigenvalue weighted by Gasteiger charge is -2.18. The Morgan fingerprint density at radius 1 is 1.11 bits per heavy atom. The minimum Gasteiger partial charge on any atom is -0.384 e. The molecule has 1 aliphatic heterocycles. The summed E-state index contributed by atoms with van der Waals surface area (Å²) in [4.78, 5) is 33.6. The van der Waals surface area contributed by atoms with Gasteiger partial charge in [-0.1, -0.05) is 18.2 Å². The number of para-hydroxylation sites is 1. The van der Waals surface area contributed by atoms with E-state index in [1.54, 1.807) is 4.90 Å². The summed E-state index contributed by atoms with van der Waals surface area (Å²) < 4.78 is 23.6. The number of rotatable bonds is 3. The molecule has 0 aliphatic carbocycles. The first-order valence-electron chi connectivity index (χ1n) is 8.36. The third kappa shape index (κ3) is 2.95. The molecule has 2 aromatic carbocycles. The highest BCUT2D eigenvalue weighted by atomic mass is 32.2. The maximum absolute atomic E-state index is 12.6. The van der Waals surface area contributed by atoms with E-state index < -0.39 is 15.4 Å². The van der Waals surface area contributed by atoms with Gasteiger partial charge in [0.15, 0.2) is 15.6 Å². The number of nitrogens with two attached hydrogens (primary N) is 1. The Hall–Kier alpha value is -3.46. The van der Waals surface area contributed by atoms with E-state index >= 15 is 0 Å². The average molecular weight is 396 g/mol. The number of benzene rings is 2. The smallest absolute Gasteiger partial charge is 0.259 e. The fraction of sp³-hybridized carbons (Fsp3) is 0.105. The van der Waals surface area contributed by atoms with Crippen LogP contribution < -0.4 is 16.2 Å². The molecular formula is C19H16N4O4S. The zero-order chi connectivity index (χ0) is 20.1. The van der Waals surface area contributed by atoms with Crippen molar-refractivity contribution in [2.45, 2.75) is 4.90 Å². The minimum atomic E-state index is -3.47. The van der Waals surface area contributed by atoms with Gasteiger partial charge in [-0.3, -0.25) is 9.59 Å². The van der Waals surface area contributed by atoms with E-state index in [1.165, 1.54) is 18.2 Å². The number of hydrogen-bond acceptors (Lipinski definition) is 7. The average Bonchev–Trinajstić information content (AvgIpc) is 2.95. The standard InChI is InChI=1S/C19H16N4O4S/c1-28(26,27)12-7-8-13-14(9-12)21-18(22-19(13)25)16-15(24)10-23(17(16)20)11-5-3-2-4-6-11/h2-9H,10,20H2,1H3,(H,21,22,25). The van der Waals surface area contributed by atoms with Crippen LogP contribution in [0.4, 0.5) is 5.69 Å². The Balaban J connectivity index is 1.89. The SMILES string of the molecule is CS(=O)(=O)c1ccc2c(=O)[nH]c(C3=C(N)N(c4ccccc4)CC3=O)nc2c1. The van der Waals surface area contributed by atoms with E-state index in [1.807, 2.05) is 30.3 Å². The molecule has 0 amide bonds. The number of aromatic nitrogens is 2. The van der Waals surface area contributed by atoms with Gasteiger partial charge in [-0.05, 0) is 30.3 Å². The number of hydrogen-bond donors (Lipinski definition) is 2. The van der Waals surface area contributed by atoms with Crippen LogP contribution in [0.1, 0.15) is 5.82 Å². The van der Waals surface area contributed by atoms with Gasteiger partial charge < -0.3 is 15.6 Å². The summed E-state index contributed by atoms with van der Waals surface area (Å²) in [6.07, 6.45) is 1.07. The fourth-order valence-electron chi connectivity index (χ4n) is 3.15. The number of fused-ring (bicyclic) bond motifs is 1. The topological polar surface area (TPSA) is 126 Å². The second kappa shape index (κ2) is 6.31. The maximum atomic E-state index is 12.6. The van der Waals surface area contributed by atoms with E-state index in [-0.39, 0.29) is 45.3 Å². The largest absolute Gasteiger partial charge is 0.384 e. The first-order chi connectivity index (χ1) is 13.3. The molecule has 2 heterocycles. The molecule has 9 heteroatoms. The van der Waals surface area contributed by atoms with Crippen molar-refractivity contribution in [2.24, 2.45) is 5.73 Å². The lowest BCUT2D eigenvalue weighted by molar-refractivity contribution is -0.112. The Morgan fingerprint density at radius 2 is 1.82 bits per heavy atom. The normalized spacial score (nSPS) is 14.9. The van der Waals surface area contributed by atoms with E-state index in [0.717, 1.165) is 11.9 Å². The van der Waals surface area contributed by atoms with Crippen molar-refractivity contribution in [2.75, 3.05) is 17.7 Å². The highest BCUT2D eigenvalue weighted by Crippen LogP contribution is 2.28. The third-order valence-corrected chi connectivity index (χ3v) is 5.65. The van der Waals surface area contributed by atoms with Crippen LogP contribution in [0.2, 0.25) is 0 Å². The van der Waals surface area contributed by atoms with Crippen LogP contribution in [0.5, 0.6) is 0 Å². The number of anilines is 1. The quantitative estimate of drug-likeness (QED) is 0.677. The molecular weight excluding hydrogens is 380 g/mol. The van der Waals surface area contributed by atoms with Gasteiger partial charge >= 0.3 is 0 Å². The predicted octanol–water partition coefficient (Wildman–Crippen LogP) is 1.04. The van der Waals surface area contributed by atoms with Crippen molar-refractivity contribution in [1.82, 2.24) is 9.97 Å². The summed E-state index contributed by atoms with van der Waals surface area (Å²) in [6.45, 7) is 0.0241. The predicted molar refractivity (Wildman–Crippen MR) is 105 cm³/mol. The van der Waals surface area contributed by atoms with Gasteiger partial charge in [0, 0.05) is 11.9 Å². The number of sulfone groups is 1.